The number of hydrogen-bond acceptors (Lipinski definition) is 6. The van der Waals surface area contributed by atoms with Crippen molar-refractivity contribution in [2.75, 3.05) is 31.5 Å². The number of pyridine rings is 1. The third kappa shape index (κ3) is 6.60. The number of nitrogens with one attached hydrogen (secondary N) is 1. The maximum atomic E-state index is 13.4. The van der Waals surface area contributed by atoms with Gasteiger partial charge in [0.05, 0.1) is 28.5 Å². The molecule has 5 heterocycles. The van der Waals surface area contributed by atoms with Gasteiger partial charge in [0.2, 0.25) is 5.91 Å². The summed E-state index contributed by atoms with van der Waals surface area (Å²) in [7, 11) is 0. The van der Waals surface area contributed by atoms with Crippen LogP contribution in [-0.4, -0.2) is 67.1 Å². The highest BCUT2D eigenvalue weighted by atomic mass is 19.4. The van der Waals surface area contributed by atoms with Crippen molar-refractivity contribution >= 4 is 23.1 Å². The number of nitrogens with zero attached hydrogens (tertiary/aromatic N) is 6. The van der Waals surface area contributed by atoms with Crippen molar-refractivity contribution in [3.63, 3.8) is 0 Å². The molecule has 1 unspecified atom stereocenters. The lowest BCUT2D eigenvalue weighted by atomic mass is 10.0. The Morgan fingerprint density at radius 3 is 2.51 bits per heavy atom. The number of imidazole rings is 1. The van der Waals surface area contributed by atoms with E-state index in [1.807, 2.05) is 28.5 Å². The largest absolute Gasteiger partial charge is 0.416 e. The molecule has 1 atom stereocenters. The molecule has 0 radical (unpaired) electrons. The second-order valence-electron chi connectivity index (χ2n) is 11.5. The molecular formula is C33H34F3N7O2. The van der Waals surface area contributed by atoms with E-state index in [1.165, 1.54) is 12.8 Å². The molecule has 0 spiro atoms. The lowest BCUT2D eigenvalue weighted by molar-refractivity contribution is -0.137. The Balaban J connectivity index is 1.25. The first-order valence-corrected chi connectivity index (χ1v) is 15.2. The normalized spacial score (nSPS) is 17.8. The standard InChI is InChI=1S/C33H34F3N7O2/c1-22-30-29(23-9-11-24(12-10-23)32(45)39-27-21-25(13-14-38-27)33(34,35)36)40-31(43(30)20-15-37-22)26-7-2-3-19-42(26)28(44)8-6-18-41-16-4-5-17-41/h6,8-15,20-21,26H,2-5,7,16-19H2,1H3,(H,38,39,45)/b8-6+. The van der Waals surface area contributed by atoms with E-state index in [0.717, 1.165) is 79.8 Å². The number of carbonyl (C=O) groups is 2. The van der Waals surface area contributed by atoms with Crippen LogP contribution in [0.2, 0.25) is 0 Å². The summed E-state index contributed by atoms with van der Waals surface area (Å²) >= 11 is 0. The number of amides is 2. The van der Waals surface area contributed by atoms with Crippen LogP contribution in [0.15, 0.2) is 67.1 Å². The zero-order chi connectivity index (χ0) is 31.6. The van der Waals surface area contributed by atoms with E-state index in [1.54, 1.807) is 36.5 Å². The molecule has 6 rings (SSSR count). The monoisotopic (exact) mass is 617 g/mol. The Kier molecular flexibility index (Phi) is 8.66. The van der Waals surface area contributed by atoms with E-state index < -0.39 is 17.6 Å². The van der Waals surface area contributed by atoms with Crippen LogP contribution < -0.4 is 5.32 Å². The Labute approximate surface area is 258 Å². The summed E-state index contributed by atoms with van der Waals surface area (Å²) in [6.45, 7) is 5.46. The lowest BCUT2D eigenvalue weighted by Crippen LogP contribution is -2.38. The highest BCUT2D eigenvalue weighted by molar-refractivity contribution is 6.04. The van der Waals surface area contributed by atoms with Crippen molar-refractivity contribution in [3.8, 4) is 11.3 Å². The first-order valence-electron chi connectivity index (χ1n) is 15.2. The Hall–Kier alpha value is -4.58. The molecule has 0 saturated carbocycles. The molecule has 9 nitrogen and oxygen atoms in total. The van der Waals surface area contributed by atoms with Gasteiger partial charge in [0, 0.05) is 48.9 Å². The molecule has 2 aliphatic rings. The number of halogens is 3. The van der Waals surface area contributed by atoms with E-state index in [4.69, 9.17) is 4.98 Å². The molecular weight excluding hydrogens is 583 g/mol. The number of alkyl halides is 3. The molecule has 12 heteroatoms. The first kappa shape index (κ1) is 30.4. The summed E-state index contributed by atoms with van der Waals surface area (Å²) in [6, 6.07) is 8.11. The van der Waals surface area contributed by atoms with Gasteiger partial charge in [-0.15, -0.1) is 0 Å². The quantitative estimate of drug-likeness (QED) is 0.253. The number of piperidine rings is 1. The molecule has 2 saturated heterocycles. The summed E-state index contributed by atoms with van der Waals surface area (Å²) in [4.78, 5) is 43.9. The van der Waals surface area contributed by atoms with Crippen LogP contribution in [0.4, 0.5) is 19.0 Å². The zero-order valence-electron chi connectivity index (χ0n) is 24.9. The summed E-state index contributed by atoms with van der Waals surface area (Å²) in [5, 5.41) is 2.44. The van der Waals surface area contributed by atoms with Gasteiger partial charge in [-0.2, -0.15) is 13.2 Å². The number of aromatic nitrogens is 4. The van der Waals surface area contributed by atoms with Gasteiger partial charge in [-0.1, -0.05) is 18.2 Å². The average Bonchev–Trinajstić information content (AvgIpc) is 3.70. The molecule has 1 aromatic carbocycles. The Morgan fingerprint density at radius 2 is 1.76 bits per heavy atom. The fourth-order valence-corrected chi connectivity index (χ4v) is 6.13. The predicted octanol–water partition coefficient (Wildman–Crippen LogP) is 6.08. The van der Waals surface area contributed by atoms with Gasteiger partial charge in [0.1, 0.15) is 11.6 Å². The number of hydrogen-bond donors (Lipinski definition) is 1. The number of anilines is 1. The van der Waals surface area contributed by atoms with E-state index in [0.29, 0.717) is 12.2 Å². The topological polar surface area (TPSA) is 95.7 Å². The Bertz CT molecular complexity index is 1730. The number of carbonyl (C=O) groups excluding carboxylic acids is 2. The lowest BCUT2D eigenvalue weighted by Gasteiger charge is -2.34. The summed E-state index contributed by atoms with van der Waals surface area (Å²) in [5.74, 6) is -0.0453. The van der Waals surface area contributed by atoms with Crippen LogP contribution in [0.3, 0.4) is 0 Å². The molecule has 45 heavy (non-hydrogen) atoms. The smallest absolute Gasteiger partial charge is 0.329 e. The van der Waals surface area contributed by atoms with Crippen molar-refractivity contribution in [2.24, 2.45) is 0 Å². The van der Waals surface area contributed by atoms with Gasteiger partial charge >= 0.3 is 6.18 Å². The fourth-order valence-electron chi connectivity index (χ4n) is 6.13. The van der Waals surface area contributed by atoms with Crippen molar-refractivity contribution in [1.82, 2.24) is 29.2 Å². The van der Waals surface area contributed by atoms with Crippen molar-refractivity contribution < 1.29 is 22.8 Å². The molecule has 1 N–H and O–H groups in total. The molecule has 3 aromatic heterocycles. The average molecular weight is 618 g/mol. The van der Waals surface area contributed by atoms with Gasteiger partial charge in [0.25, 0.3) is 5.91 Å². The van der Waals surface area contributed by atoms with Crippen molar-refractivity contribution in [3.05, 3.63) is 89.8 Å². The minimum atomic E-state index is -4.55. The minimum absolute atomic E-state index is 0.0198. The SMILES string of the molecule is Cc1nccn2c(C3CCCCN3C(=O)/C=C/CN3CCCC3)nc(-c3ccc(C(=O)Nc4cc(C(F)(F)F)ccn4)cc3)c12. The third-order valence-electron chi connectivity index (χ3n) is 8.42. The maximum Gasteiger partial charge on any atom is 0.416 e. The van der Waals surface area contributed by atoms with Crippen LogP contribution in [0.1, 0.15) is 65.6 Å². The molecule has 2 amide bonds. The second-order valence-corrected chi connectivity index (χ2v) is 11.5. The van der Waals surface area contributed by atoms with Gasteiger partial charge in [-0.25, -0.2) is 9.97 Å². The van der Waals surface area contributed by atoms with Crippen LogP contribution in [0.25, 0.3) is 16.8 Å². The van der Waals surface area contributed by atoms with E-state index in [9.17, 15) is 22.8 Å². The van der Waals surface area contributed by atoms with E-state index in [-0.39, 0.29) is 23.3 Å². The Morgan fingerprint density at radius 1 is 1.00 bits per heavy atom. The fraction of sp³-hybridized carbons (Fsp3) is 0.364. The van der Waals surface area contributed by atoms with E-state index in [2.05, 4.69) is 20.2 Å². The molecule has 234 valence electrons. The number of likely N-dealkylation sites (tertiary alicyclic amines) is 2. The number of fused-ring (bicyclic) bond motifs is 1. The van der Waals surface area contributed by atoms with Gasteiger partial charge < -0.3 is 10.2 Å². The summed E-state index contributed by atoms with van der Waals surface area (Å²) < 4.78 is 41.2. The van der Waals surface area contributed by atoms with Crippen LogP contribution >= 0.6 is 0 Å². The minimum Gasteiger partial charge on any atom is -0.329 e. The second kappa shape index (κ2) is 12.8. The van der Waals surface area contributed by atoms with Crippen LogP contribution in [0.5, 0.6) is 0 Å². The van der Waals surface area contributed by atoms with Gasteiger partial charge in [-0.05, 0) is 76.4 Å². The van der Waals surface area contributed by atoms with Gasteiger partial charge in [0.15, 0.2) is 0 Å². The van der Waals surface area contributed by atoms with E-state index >= 15 is 0 Å². The van der Waals surface area contributed by atoms with Gasteiger partial charge in [-0.3, -0.25) is 23.9 Å². The highest BCUT2D eigenvalue weighted by Crippen LogP contribution is 2.35. The van der Waals surface area contributed by atoms with Crippen molar-refractivity contribution in [2.45, 2.75) is 51.2 Å². The van der Waals surface area contributed by atoms with Crippen molar-refractivity contribution in [1.29, 1.82) is 0 Å². The number of benzene rings is 1. The summed E-state index contributed by atoms with van der Waals surface area (Å²) in [6.07, 6.45) is 8.79. The highest BCUT2D eigenvalue weighted by Gasteiger charge is 2.32. The predicted molar refractivity (Wildman–Crippen MR) is 163 cm³/mol. The zero-order valence-corrected chi connectivity index (χ0v) is 24.9. The summed E-state index contributed by atoms with van der Waals surface area (Å²) in [5.41, 5.74) is 2.34. The number of rotatable bonds is 7. The maximum absolute atomic E-state index is 13.4. The molecule has 4 aromatic rings. The third-order valence-corrected chi connectivity index (χ3v) is 8.42. The molecule has 2 fully saturated rings. The van der Waals surface area contributed by atoms with Crippen LogP contribution in [0, 0.1) is 6.92 Å². The number of aryl methyl sites for hydroxylation is 1. The molecule has 0 bridgehead atoms. The van der Waals surface area contributed by atoms with Crippen LogP contribution in [-0.2, 0) is 11.0 Å². The molecule has 0 aliphatic carbocycles. The molecule has 2 aliphatic heterocycles. The first-order chi connectivity index (χ1) is 21.7.